The molecular formula is C21H21Cl2N3O2. The number of benzene rings is 2. The summed E-state index contributed by atoms with van der Waals surface area (Å²) in [4.78, 5) is 31.2. The van der Waals surface area contributed by atoms with Crippen LogP contribution in [0.15, 0.2) is 48.5 Å². The van der Waals surface area contributed by atoms with Crippen molar-refractivity contribution in [3.05, 3.63) is 64.1 Å². The van der Waals surface area contributed by atoms with Crippen molar-refractivity contribution in [3.63, 3.8) is 0 Å². The number of rotatable bonds is 4. The molecule has 0 spiro atoms. The molecule has 2 aromatic carbocycles. The SMILES string of the molecule is O=C1C[C@H](N2CCN(Cc3ccccc3)CC2)C(=O)N1c1cccc(Cl)c1Cl. The van der Waals surface area contributed by atoms with Gasteiger partial charge in [0.15, 0.2) is 0 Å². The van der Waals surface area contributed by atoms with Gasteiger partial charge < -0.3 is 0 Å². The number of piperazine rings is 1. The summed E-state index contributed by atoms with van der Waals surface area (Å²) in [6.07, 6.45) is 0.181. The fourth-order valence-electron chi connectivity index (χ4n) is 3.89. The number of halogens is 2. The van der Waals surface area contributed by atoms with Crippen molar-refractivity contribution < 1.29 is 9.59 Å². The monoisotopic (exact) mass is 417 g/mol. The maximum absolute atomic E-state index is 13.0. The first kappa shape index (κ1) is 19.4. The highest BCUT2D eigenvalue weighted by atomic mass is 35.5. The van der Waals surface area contributed by atoms with Crippen molar-refractivity contribution in [3.8, 4) is 0 Å². The topological polar surface area (TPSA) is 43.9 Å². The second kappa shape index (κ2) is 8.21. The van der Waals surface area contributed by atoms with Crippen LogP contribution in [0, 0.1) is 0 Å². The van der Waals surface area contributed by atoms with E-state index < -0.39 is 6.04 Å². The molecule has 2 fully saturated rings. The number of hydrogen-bond acceptors (Lipinski definition) is 4. The Morgan fingerprint density at radius 2 is 1.61 bits per heavy atom. The number of hydrogen-bond donors (Lipinski definition) is 0. The molecule has 146 valence electrons. The summed E-state index contributed by atoms with van der Waals surface area (Å²) >= 11 is 12.3. The predicted molar refractivity (Wildman–Crippen MR) is 111 cm³/mol. The fourth-order valence-corrected chi connectivity index (χ4v) is 4.27. The summed E-state index contributed by atoms with van der Waals surface area (Å²) in [6.45, 7) is 4.15. The van der Waals surface area contributed by atoms with E-state index in [0.717, 1.165) is 32.7 Å². The number of carbonyl (C=O) groups excluding carboxylic acids is 2. The largest absolute Gasteiger partial charge is 0.297 e. The van der Waals surface area contributed by atoms with Crippen LogP contribution in [0.5, 0.6) is 0 Å². The Morgan fingerprint density at radius 3 is 2.32 bits per heavy atom. The summed E-state index contributed by atoms with van der Waals surface area (Å²) in [5, 5.41) is 0.567. The maximum atomic E-state index is 13.0. The molecule has 28 heavy (non-hydrogen) atoms. The van der Waals surface area contributed by atoms with Crippen LogP contribution in [0.1, 0.15) is 12.0 Å². The lowest BCUT2D eigenvalue weighted by Crippen LogP contribution is -2.52. The lowest BCUT2D eigenvalue weighted by molar-refractivity contribution is -0.123. The molecule has 2 aliphatic heterocycles. The molecular weight excluding hydrogens is 397 g/mol. The van der Waals surface area contributed by atoms with Crippen molar-refractivity contribution in [2.75, 3.05) is 31.1 Å². The minimum atomic E-state index is -0.429. The smallest absolute Gasteiger partial charge is 0.251 e. The van der Waals surface area contributed by atoms with E-state index in [2.05, 4.69) is 21.9 Å². The standard InChI is InChI=1S/C21H21Cl2N3O2/c22-16-7-4-8-17(20(16)23)26-19(27)13-18(21(26)28)25-11-9-24(10-12-25)14-15-5-2-1-3-6-15/h1-8,18H,9-14H2/t18-/m0/s1. The Hall–Kier alpha value is -1.92. The third kappa shape index (κ3) is 3.80. The second-order valence-corrected chi connectivity index (χ2v) is 7.94. The minimum Gasteiger partial charge on any atom is -0.297 e. The minimum absolute atomic E-state index is 0.181. The van der Waals surface area contributed by atoms with Crippen molar-refractivity contribution in [1.29, 1.82) is 0 Å². The van der Waals surface area contributed by atoms with Crippen molar-refractivity contribution >= 4 is 40.7 Å². The van der Waals surface area contributed by atoms with Gasteiger partial charge in [-0.2, -0.15) is 0 Å². The first-order chi connectivity index (χ1) is 13.5. The van der Waals surface area contributed by atoms with E-state index in [4.69, 9.17) is 23.2 Å². The zero-order valence-corrected chi connectivity index (χ0v) is 16.9. The quantitative estimate of drug-likeness (QED) is 0.714. The Morgan fingerprint density at radius 1 is 0.893 bits per heavy atom. The van der Waals surface area contributed by atoms with E-state index in [0.29, 0.717) is 10.7 Å². The summed E-state index contributed by atoms with van der Waals surface area (Å²) < 4.78 is 0. The van der Waals surface area contributed by atoms with Crippen LogP contribution in [-0.2, 0) is 16.1 Å². The molecule has 2 amide bonds. The molecule has 1 atom stereocenters. The van der Waals surface area contributed by atoms with E-state index in [1.165, 1.54) is 10.5 Å². The predicted octanol–water partition coefficient (Wildman–Crippen LogP) is 3.44. The molecule has 0 aliphatic carbocycles. The molecule has 2 aliphatic rings. The van der Waals surface area contributed by atoms with Crippen molar-refractivity contribution in [2.45, 2.75) is 19.0 Å². The Labute approximate surface area is 174 Å². The van der Waals surface area contributed by atoms with Crippen LogP contribution >= 0.6 is 23.2 Å². The molecule has 0 aromatic heterocycles. The summed E-state index contributed by atoms with van der Waals surface area (Å²) in [5.41, 5.74) is 1.65. The van der Waals surface area contributed by atoms with E-state index in [1.54, 1.807) is 18.2 Å². The summed E-state index contributed by atoms with van der Waals surface area (Å²) in [6, 6.07) is 14.9. The Bertz CT molecular complexity index is 882. The highest BCUT2D eigenvalue weighted by Gasteiger charge is 2.44. The number of carbonyl (C=O) groups is 2. The van der Waals surface area contributed by atoms with Gasteiger partial charge in [-0.05, 0) is 17.7 Å². The van der Waals surface area contributed by atoms with E-state index in [1.807, 2.05) is 18.2 Å². The van der Waals surface area contributed by atoms with Gasteiger partial charge in [-0.1, -0.05) is 59.6 Å². The molecule has 0 radical (unpaired) electrons. The van der Waals surface area contributed by atoms with Gasteiger partial charge >= 0.3 is 0 Å². The van der Waals surface area contributed by atoms with Crippen LogP contribution in [0.4, 0.5) is 5.69 Å². The lowest BCUT2D eigenvalue weighted by atomic mass is 10.1. The maximum Gasteiger partial charge on any atom is 0.251 e. The average Bonchev–Trinajstić information content (AvgIpc) is 3.00. The van der Waals surface area contributed by atoms with Gasteiger partial charge in [-0.15, -0.1) is 0 Å². The fraction of sp³-hybridized carbons (Fsp3) is 0.333. The molecule has 7 heteroatoms. The molecule has 0 unspecified atom stereocenters. The van der Waals surface area contributed by atoms with Crippen LogP contribution in [0.25, 0.3) is 0 Å². The summed E-state index contributed by atoms with van der Waals surface area (Å²) in [5.74, 6) is -0.448. The molecule has 5 nitrogen and oxygen atoms in total. The summed E-state index contributed by atoms with van der Waals surface area (Å²) in [7, 11) is 0. The van der Waals surface area contributed by atoms with E-state index in [-0.39, 0.29) is 23.3 Å². The van der Waals surface area contributed by atoms with Gasteiger partial charge in [0.05, 0.1) is 28.2 Å². The number of anilines is 1. The third-order valence-corrected chi connectivity index (χ3v) is 6.20. The molecule has 2 heterocycles. The van der Waals surface area contributed by atoms with E-state index >= 15 is 0 Å². The highest BCUT2D eigenvalue weighted by Crippen LogP contribution is 2.36. The van der Waals surface area contributed by atoms with Gasteiger partial charge in [-0.25, -0.2) is 4.90 Å². The Balaban J connectivity index is 1.41. The van der Waals surface area contributed by atoms with Crippen LogP contribution in [0.3, 0.4) is 0 Å². The Kier molecular flexibility index (Phi) is 5.69. The normalized spacial score (nSPS) is 21.5. The van der Waals surface area contributed by atoms with E-state index in [9.17, 15) is 9.59 Å². The van der Waals surface area contributed by atoms with Crippen LogP contribution in [-0.4, -0.2) is 53.8 Å². The first-order valence-corrected chi connectivity index (χ1v) is 10.1. The lowest BCUT2D eigenvalue weighted by Gasteiger charge is -2.37. The zero-order chi connectivity index (χ0) is 19.7. The molecule has 2 saturated heterocycles. The van der Waals surface area contributed by atoms with Crippen molar-refractivity contribution in [1.82, 2.24) is 9.80 Å². The van der Waals surface area contributed by atoms with Crippen LogP contribution < -0.4 is 4.90 Å². The number of nitrogens with zero attached hydrogens (tertiary/aromatic N) is 3. The van der Waals surface area contributed by atoms with Crippen molar-refractivity contribution in [2.24, 2.45) is 0 Å². The third-order valence-electron chi connectivity index (χ3n) is 5.39. The molecule has 0 N–H and O–H groups in total. The molecule has 0 saturated carbocycles. The first-order valence-electron chi connectivity index (χ1n) is 9.36. The molecule has 4 rings (SSSR count). The number of amides is 2. The van der Waals surface area contributed by atoms with Gasteiger partial charge in [0.2, 0.25) is 5.91 Å². The zero-order valence-electron chi connectivity index (χ0n) is 15.4. The number of imide groups is 1. The second-order valence-electron chi connectivity index (χ2n) is 7.16. The van der Waals surface area contributed by atoms with Crippen LogP contribution in [0.2, 0.25) is 10.0 Å². The molecule has 2 aromatic rings. The van der Waals surface area contributed by atoms with Gasteiger partial charge in [-0.3, -0.25) is 19.4 Å². The highest BCUT2D eigenvalue weighted by molar-refractivity contribution is 6.44. The van der Waals surface area contributed by atoms with Gasteiger partial charge in [0.25, 0.3) is 5.91 Å². The molecule has 0 bridgehead atoms. The van der Waals surface area contributed by atoms with Gasteiger partial charge in [0.1, 0.15) is 0 Å². The van der Waals surface area contributed by atoms with Gasteiger partial charge in [0, 0.05) is 32.7 Å². The average molecular weight is 418 g/mol.